The van der Waals surface area contributed by atoms with Crippen LogP contribution in [0.5, 0.6) is 0 Å². The molecule has 6 rings (SSSR count). The van der Waals surface area contributed by atoms with Gasteiger partial charge in [-0.3, -0.25) is 19.7 Å². The smallest absolute Gasteiger partial charge is 0.317 e. The number of benzene rings is 1. The highest BCUT2D eigenvalue weighted by Gasteiger charge is 2.39. The number of aromatic nitrogens is 1. The van der Waals surface area contributed by atoms with Crippen molar-refractivity contribution in [3.63, 3.8) is 0 Å². The van der Waals surface area contributed by atoms with Gasteiger partial charge in [0.05, 0.1) is 11.9 Å². The molecule has 3 fully saturated rings. The van der Waals surface area contributed by atoms with Crippen LogP contribution in [0.2, 0.25) is 0 Å². The Morgan fingerprint density at radius 1 is 1.00 bits per heavy atom. The number of pyridine rings is 1. The third-order valence-electron chi connectivity index (χ3n) is 9.20. The van der Waals surface area contributed by atoms with E-state index in [1.54, 1.807) is 17.2 Å². The summed E-state index contributed by atoms with van der Waals surface area (Å²) in [4.78, 5) is 59.8. The topological polar surface area (TPSA) is 153 Å². The van der Waals surface area contributed by atoms with Crippen molar-refractivity contribution in [3.8, 4) is 11.8 Å². The van der Waals surface area contributed by atoms with Gasteiger partial charge in [-0.1, -0.05) is 17.9 Å². The summed E-state index contributed by atoms with van der Waals surface area (Å²) >= 11 is 0. The first kappa shape index (κ1) is 30.4. The first-order valence-corrected chi connectivity index (χ1v) is 15.9. The largest absolute Gasteiger partial charge is 0.397 e. The zero-order valence-electron chi connectivity index (χ0n) is 25.4. The zero-order valence-corrected chi connectivity index (χ0v) is 25.4. The Hall–Kier alpha value is -4.63. The van der Waals surface area contributed by atoms with Crippen molar-refractivity contribution >= 4 is 35.3 Å². The molecule has 5 N–H and O–H groups in total. The number of hydrogen-bond donors (Lipinski definition) is 4. The second kappa shape index (κ2) is 13.6. The van der Waals surface area contributed by atoms with Gasteiger partial charge in [0.2, 0.25) is 11.8 Å². The Kier molecular flexibility index (Phi) is 9.16. The number of nitrogens with one attached hydrogen (secondary N) is 3. The molecule has 0 bridgehead atoms. The third kappa shape index (κ3) is 7.04. The fraction of sp³-hybridized carbons (Fsp3) is 0.485. The first-order chi connectivity index (χ1) is 21.9. The molecule has 45 heavy (non-hydrogen) atoms. The summed E-state index contributed by atoms with van der Waals surface area (Å²) in [5, 5.41) is 9.19. The number of nitrogens with two attached hydrogens (primary N) is 1. The molecule has 236 valence electrons. The van der Waals surface area contributed by atoms with Crippen LogP contribution in [0.25, 0.3) is 0 Å². The number of carbonyl (C=O) groups is 4. The van der Waals surface area contributed by atoms with E-state index in [1.807, 2.05) is 29.2 Å². The molecular weight excluding hydrogens is 572 g/mol. The summed E-state index contributed by atoms with van der Waals surface area (Å²) in [5.41, 5.74) is 8.60. The van der Waals surface area contributed by atoms with Crippen LogP contribution in [0.3, 0.4) is 0 Å². The van der Waals surface area contributed by atoms with Gasteiger partial charge in [-0.25, -0.2) is 9.78 Å². The molecular formula is C33H40N8O4. The lowest BCUT2D eigenvalue weighted by Gasteiger charge is -2.37. The quantitative estimate of drug-likeness (QED) is 0.218. The molecule has 2 saturated heterocycles. The first-order valence-electron chi connectivity index (χ1n) is 15.9. The number of carbonyl (C=O) groups excluding carboxylic acids is 4. The van der Waals surface area contributed by atoms with Crippen molar-refractivity contribution in [3.05, 3.63) is 53.2 Å². The van der Waals surface area contributed by atoms with Crippen molar-refractivity contribution in [1.29, 1.82) is 0 Å². The number of fused-ring (bicyclic) bond motifs is 1. The van der Waals surface area contributed by atoms with E-state index in [4.69, 9.17) is 5.73 Å². The Morgan fingerprint density at radius 3 is 2.51 bits per heavy atom. The van der Waals surface area contributed by atoms with Crippen molar-refractivity contribution in [2.75, 3.05) is 43.4 Å². The van der Waals surface area contributed by atoms with Crippen LogP contribution >= 0.6 is 0 Å². The second-order valence-corrected chi connectivity index (χ2v) is 12.2. The number of imide groups is 1. The van der Waals surface area contributed by atoms with Crippen LogP contribution < -0.4 is 26.6 Å². The summed E-state index contributed by atoms with van der Waals surface area (Å²) in [6.45, 7) is 3.90. The summed E-state index contributed by atoms with van der Waals surface area (Å²) in [6, 6.07) is 9.24. The molecule has 1 aromatic heterocycles. The molecule has 5 amide bonds. The lowest BCUT2D eigenvalue weighted by Crippen LogP contribution is -2.54. The van der Waals surface area contributed by atoms with Crippen molar-refractivity contribution in [1.82, 2.24) is 30.7 Å². The maximum Gasteiger partial charge on any atom is 0.317 e. The second-order valence-electron chi connectivity index (χ2n) is 12.2. The van der Waals surface area contributed by atoms with Gasteiger partial charge in [0, 0.05) is 75.3 Å². The van der Waals surface area contributed by atoms with E-state index < -0.39 is 11.9 Å². The molecule has 2 aromatic rings. The Labute approximate surface area is 263 Å². The molecule has 1 atom stereocenters. The number of amides is 5. The zero-order chi connectivity index (χ0) is 31.3. The monoisotopic (exact) mass is 612 g/mol. The van der Waals surface area contributed by atoms with Crippen LogP contribution in [0.4, 0.5) is 16.3 Å². The van der Waals surface area contributed by atoms with Crippen molar-refractivity contribution in [2.45, 2.75) is 69.6 Å². The fourth-order valence-electron chi connectivity index (χ4n) is 6.63. The molecule has 0 spiro atoms. The molecule has 4 aliphatic rings. The molecule has 1 aromatic carbocycles. The number of anilines is 2. The highest BCUT2D eigenvalue weighted by Crippen LogP contribution is 2.29. The number of nitrogen functional groups attached to an aromatic ring is 1. The average Bonchev–Trinajstić information content (AvgIpc) is 3.38. The Balaban J connectivity index is 0.903. The van der Waals surface area contributed by atoms with Crippen LogP contribution in [-0.2, 0) is 16.1 Å². The van der Waals surface area contributed by atoms with Crippen molar-refractivity contribution in [2.24, 2.45) is 0 Å². The normalized spacial score (nSPS) is 23.2. The predicted molar refractivity (Wildman–Crippen MR) is 169 cm³/mol. The predicted octanol–water partition coefficient (Wildman–Crippen LogP) is 1.60. The highest BCUT2D eigenvalue weighted by molar-refractivity contribution is 6.05. The van der Waals surface area contributed by atoms with Gasteiger partial charge in [0.15, 0.2) is 0 Å². The Bertz CT molecular complexity index is 1500. The lowest BCUT2D eigenvalue weighted by atomic mass is 9.91. The van der Waals surface area contributed by atoms with Gasteiger partial charge < -0.3 is 31.1 Å². The Morgan fingerprint density at radius 2 is 1.78 bits per heavy atom. The molecule has 1 saturated carbocycles. The molecule has 1 aliphatic carbocycles. The molecule has 1 unspecified atom stereocenters. The summed E-state index contributed by atoms with van der Waals surface area (Å²) in [5.74, 6) is 6.46. The summed E-state index contributed by atoms with van der Waals surface area (Å²) < 4.78 is 0. The molecule has 0 radical (unpaired) electrons. The van der Waals surface area contributed by atoms with E-state index in [-0.39, 0.29) is 30.3 Å². The van der Waals surface area contributed by atoms with Gasteiger partial charge in [0.25, 0.3) is 5.91 Å². The van der Waals surface area contributed by atoms with E-state index in [1.165, 1.54) is 0 Å². The number of rotatable bonds is 6. The van der Waals surface area contributed by atoms with Crippen LogP contribution in [0.1, 0.15) is 66.4 Å². The SMILES string of the molecule is Nc1ccc(N2CCN(C(=O)NC3CCC(NCCC#Cc4cccc5c4CN(C4CCC(=O)NC4=O)C5=O)CC3)CC2)nc1. The van der Waals surface area contributed by atoms with Gasteiger partial charge in [-0.2, -0.15) is 0 Å². The van der Waals surface area contributed by atoms with Gasteiger partial charge in [-0.15, -0.1) is 0 Å². The van der Waals surface area contributed by atoms with E-state index in [9.17, 15) is 19.2 Å². The average molecular weight is 613 g/mol. The number of piperidine rings is 1. The summed E-state index contributed by atoms with van der Waals surface area (Å²) in [6.07, 6.45) is 6.79. The number of hydrogen-bond acceptors (Lipinski definition) is 8. The van der Waals surface area contributed by atoms with E-state index >= 15 is 0 Å². The van der Waals surface area contributed by atoms with Crippen LogP contribution in [-0.4, -0.2) is 89.4 Å². The standard InChI is InChI=1S/C33H40N8O4/c34-23-7-13-29(36-20-23)39-16-18-40(19-17-39)33(45)37-25-10-8-24(9-11-25)35-15-2-1-4-22-5-3-6-26-27(22)21-41(32(26)44)28-12-14-30(42)38-31(28)43/h3,5-7,13,20,24-25,28,35H,2,8-12,14-19,21,34H2,(H,37,45)(H,38,42,43). The molecule has 4 heterocycles. The van der Waals surface area contributed by atoms with Gasteiger partial charge in [0.1, 0.15) is 11.9 Å². The van der Waals surface area contributed by atoms with Crippen molar-refractivity contribution < 1.29 is 19.2 Å². The maximum absolute atomic E-state index is 13.0. The van der Waals surface area contributed by atoms with E-state index in [2.05, 4.69) is 37.7 Å². The van der Waals surface area contributed by atoms with Gasteiger partial charge in [-0.05, 0) is 61.9 Å². The van der Waals surface area contributed by atoms with Crippen LogP contribution in [0.15, 0.2) is 36.5 Å². The minimum atomic E-state index is -0.634. The minimum absolute atomic E-state index is 0.0147. The maximum atomic E-state index is 13.0. The molecule has 12 nitrogen and oxygen atoms in total. The summed E-state index contributed by atoms with van der Waals surface area (Å²) in [7, 11) is 0. The molecule has 3 aliphatic heterocycles. The lowest BCUT2D eigenvalue weighted by molar-refractivity contribution is -0.136. The number of nitrogens with zero attached hydrogens (tertiary/aromatic N) is 4. The van der Waals surface area contributed by atoms with E-state index in [0.717, 1.165) is 62.3 Å². The minimum Gasteiger partial charge on any atom is -0.397 e. The number of urea groups is 1. The third-order valence-corrected chi connectivity index (χ3v) is 9.20. The van der Waals surface area contributed by atoms with Gasteiger partial charge >= 0.3 is 6.03 Å². The highest BCUT2D eigenvalue weighted by atomic mass is 16.2. The van der Waals surface area contributed by atoms with E-state index in [0.29, 0.717) is 49.8 Å². The fourth-order valence-corrected chi connectivity index (χ4v) is 6.63. The molecule has 12 heteroatoms. The van der Waals surface area contributed by atoms with Crippen LogP contribution in [0, 0.1) is 11.8 Å². The number of piperazine rings is 1.